The first-order chi connectivity index (χ1) is 9.03. The lowest BCUT2D eigenvalue weighted by Gasteiger charge is -2.32. The number of alkyl halides is 3. The molecule has 0 aliphatic carbocycles. The minimum atomic E-state index is -4.50. The lowest BCUT2D eigenvalue weighted by Crippen LogP contribution is -2.57. The van der Waals surface area contributed by atoms with Crippen LogP contribution in [0, 0.1) is 5.92 Å². The summed E-state index contributed by atoms with van der Waals surface area (Å²) in [6, 6.07) is 0. The number of rotatable bonds is 7. The van der Waals surface area contributed by atoms with E-state index in [1.54, 1.807) is 20.8 Å². The molecule has 1 N–H and O–H groups in total. The smallest absolute Gasteiger partial charge is 0.411 e. The van der Waals surface area contributed by atoms with Gasteiger partial charge in [-0.15, -0.1) is 0 Å². The lowest BCUT2D eigenvalue weighted by molar-refractivity contribution is -0.177. The molecule has 0 saturated heterocycles. The van der Waals surface area contributed by atoms with E-state index in [9.17, 15) is 22.8 Å². The van der Waals surface area contributed by atoms with E-state index in [0.717, 1.165) is 0 Å². The van der Waals surface area contributed by atoms with Crippen molar-refractivity contribution < 1.29 is 32.2 Å². The van der Waals surface area contributed by atoms with E-state index in [2.05, 4.69) is 10.1 Å². The van der Waals surface area contributed by atoms with Crippen LogP contribution in [0.2, 0.25) is 0 Å². The van der Waals surface area contributed by atoms with Gasteiger partial charge in [0.1, 0.15) is 18.8 Å². The first kappa shape index (κ1) is 18.7. The summed E-state index contributed by atoms with van der Waals surface area (Å²) in [5.41, 5.74) is -1.31. The van der Waals surface area contributed by atoms with Gasteiger partial charge < -0.3 is 14.8 Å². The molecule has 118 valence electrons. The van der Waals surface area contributed by atoms with Crippen molar-refractivity contribution in [3.05, 3.63) is 0 Å². The van der Waals surface area contributed by atoms with Crippen molar-refractivity contribution in [2.24, 2.45) is 5.92 Å². The third-order valence-corrected chi connectivity index (χ3v) is 2.75. The summed E-state index contributed by atoms with van der Waals surface area (Å²) in [6.45, 7) is 4.30. The number of nitrogens with one attached hydrogen (secondary N) is 1. The maximum absolute atomic E-state index is 11.9. The van der Waals surface area contributed by atoms with Crippen LogP contribution in [0.5, 0.6) is 0 Å². The largest absolute Gasteiger partial charge is 0.464 e. The van der Waals surface area contributed by atoms with Gasteiger partial charge in [0.2, 0.25) is 5.91 Å². The van der Waals surface area contributed by atoms with Crippen LogP contribution in [0.3, 0.4) is 0 Å². The van der Waals surface area contributed by atoms with Gasteiger partial charge in [-0.3, -0.25) is 4.79 Å². The third kappa shape index (κ3) is 6.23. The number of carbonyl (C=O) groups excluding carboxylic acids is 2. The molecule has 0 bridgehead atoms. The standard InChI is InChI=1S/C12H20F3NO4/c1-5-20-10(18)11(4,8(2)3)16-9(17)6-19-7-12(13,14)15/h8H,5-7H2,1-4H3,(H,16,17)/t11-/m1/s1. The third-order valence-electron chi connectivity index (χ3n) is 2.75. The molecule has 5 nitrogen and oxygen atoms in total. The molecule has 0 heterocycles. The van der Waals surface area contributed by atoms with E-state index in [-0.39, 0.29) is 12.5 Å². The first-order valence-corrected chi connectivity index (χ1v) is 6.15. The van der Waals surface area contributed by atoms with Crippen molar-refractivity contribution in [1.29, 1.82) is 0 Å². The fourth-order valence-corrected chi connectivity index (χ4v) is 1.30. The predicted molar refractivity (Wildman–Crippen MR) is 64.9 cm³/mol. The van der Waals surface area contributed by atoms with Gasteiger partial charge in [0.05, 0.1) is 6.61 Å². The fourth-order valence-electron chi connectivity index (χ4n) is 1.30. The minimum Gasteiger partial charge on any atom is -0.464 e. The molecule has 0 unspecified atom stereocenters. The Labute approximate surface area is 115 Å². The van der Waals surface area contributed by atoms with E-state index in [1.807, 2.05) is 0 Å². The second-order valence-electron chi connectivity index (χ2n) is 4.73. The van der Waals surface area contributed by atoms with Crippen molar-refractivity contribution in [3.8, 4) is 0 Å². The Balaban J connectivity index is 4.53. The van der Waals surface area contributed by atoms with Gasteiger partial charge in [-0.25, -0.2) is 4.79 Å². The van der Waals surface area contributed by atoms with E-state index in [0.29, 0.717) is 0 Å². The summed E-state index contributed by atoms with van der Waals surface area (Å²) in [4.78, 5) is 23.4. The molecule has 1 amide bonds. The molecular weight excluding hydrogens is 279 g/mol. The summed E-state index contributed by atoms with van der Waals surface area (Å²) >= 11 is 0. The maximum Gasteiger partial charge on any atom is 0.411 e. The highest BCUT2D eigenvalue weighted by atomic mass is 19.4. The fraction of sp³-hybridized carbons (Fsp3) is 0.833. The van der Waals surface area contributed by atoms with E-state index < -0.39 is 36.8 Å². The van der Waals surface area contributed by atoms with Crippen LogP contribution in [-0.4, -0.2) is 43.4 Å². The van der Waals surface area contributed by atoms with Crippen LogP contribution in [0.25, 0.3) is 0 Å². The SMILES string of the molecule is CCOC(=O)[C@](C)(NC(=O)COCC(F)(F)F)C(C)C. The summed E-state index contributed by atoms with van der Waals surface area (Å²) in [5.74, 6) is -1.74. The second kappa shape index (κ2) is 7.47. The van der Waals surface area contributed by atoms with Gasteiger partial charge in [-0.2, -0.15) is 13.2 Å². The summed E-state index contributed by atoms with van der Waals surface area (Å²) in [6.07, 6.45) is -4.50. The van der Waals surface area contributed by atoms with Crippen molar-refractivity contribution in [2.75, 3.05) is 19.8 Å². The van der Waals surface area contributed by atoms with E-state index in [4.69, 9.17) is 4.74 Å². The van der Waals surface area contributed by atoms with Crippen LogP contribution in [0.1, 0.15) is 27.7 Å². The number of carbonyl (C=O) groups is 2. The zero-order valence-corrected chi connectivity index (χ0v) is 12.0. The van der Waals surface area contributed by atoms with Gasteiger partial charge in [0.25, 0.3) is 0 Å². The van der Waals surface area contributed by atoms with Crippen molar-refractivity contribution >= 4 is 11.9 Å². The molecule has 0 spiro atoms. The van der Waals surface area contributed by atoms with Gasteiger partial charge in [-0.1, -0.05) is 13.8 Å². The van der Waals surface area contributed by atoms with E-state index in [1.165, 1.54) is 6.92 Å². The zero-order valence-electron chi connectivity index (χ0n) is 12.0. The number of amides is 1. The Bertz CT molecular complexity index is 344. The average Bonchev–Trinajstić information content (AvgIpc) is 2.26. The van der Waals surface area contributed by atoms with Crippen molar-refractivity contribution in [2.45, 2.75) is 39.4 Å². The maximum atomic E-state index is 11.9. The number of hydrogen-bond acceptors (Lipinski definition) is 4. The molecule has 0 aliphatic rings. The van der Waals surface area contributed by atoms with Crippen LogP contribution >= 0.6 is 0 Å². The van der Waals surface area contributed by atoms with Gasteiger partial charge in [0, 0.05) is 0 Å². The van der Waals surface area contributed by atoms with Crippen molar-refractivity contribution in [1.82, 2.24) is 5.32 Å². The van der Waals surface area contributed by atoms with Gasteiger partial charge in [-0.05, 0) is 19.8 Å². The molecular formula is C12H20F3NO4. The van der Waals surface area contributed by atoms with Crippen molar-refractivity contribution in [3.63, 3.8) is 0 Å². The molecule has 1 atom stereocenters. The normalized spacial score (nSPS) is 14.8. The highest BCUT2D eigenvalue weighted by molar-refractivity contribution is 5.88. The Morgan fingerprint density at radius 2 is 1.80 bits per heavy atom. The zero-order chi connectivity index (χ0) is 16.0. The first-order valence-electron chi connectivity index (χ1n) is 6.15. The lowest BCUT2D eigenvalue weighted by atomic mass is 9.88. The topological polar surface area (TPSA) is 64.6 Å². The highest BCUT2D eigenvalue weighted by Gasteiger charge is 2.39. The average molecular weight is 299 g/mol. The van der Waals surface area contributed by atoms with Gasteiger partial charge >= 0.3 is 12.1 Å². The number of hydrogen-bond donors (Lipinski definition) is 1. The molecule has 0 saturated carbocycles. The molecule has 0 aromatic rings. The predicted octanol–water partition coefficient (Wildman–Crippen LogP) is 1.66. The molecule has 0 aromatic heterocycles. The van der Waals surface area contributed by atoms with Gasteiger partial charge in [0.15, 0.2) is 0 Å². The van der Waals surface area contributed by atoms with Crippen LogP contribution < -0.4 is 5.32 Å². The Morgan fingerprint density at radius 1 is 1.25 bits per heavy atom. The second-order valence-corrected chi connectivity index (χ2v) is 4.73. The molecule has 8 heteroatoms. The number of halogens is 3. The summed E-state index contributed by atoms with van der Waals surface area (Å²) in [5, 5.41) is 2.36. The molecule has 0 aromatic carbocycles. The molecule has 20 heavy (non-hydrogen) atoms. The van der Waals surface area contributed by atoms with Crippen LogP contribution in [0.15, 0.2) is 0 Å². The molecule has 0 aliphatic heterocycles. The number of esters is 1. The minimum absolute atomic E-state index is 0.140. The Hall–Kier alpha value is -1.31. The molecule has 0 rings (SSSR count). The Kier molecular flexibility index (Phi) is 6.98. The quantitative estimate of drug-likeness (QED) is 0.726. The summed E-state index contributed by atoms with van der Waals surface area (Å²) in [7, 11) is 0. The number of ether oxygens (including phenoxy) is 2. The Morgan fingerprint density at radius 3 is 2.20 bits per heavy atom. The van der Waals surface area contributed by atoms with Crippen LogP contribution in [0.4, 0.5) is 13.2 Å². The monoisotopic (exact) mass is 299 g/mol. The van der Waals surface area contributed by atoms with E-state index >= 15 is 0 Å². The van der Waals surface area contributed by atoms with Crippen LogP contribution in [-0.2, 0) is 19.1 Å². The molecule has 0 fully saturated rings. The highest BCUT2D eigenvalue weighted by Crippen LogP contribution is 2.19. The summed E-state index contributed by atoms with van der Waals surface area (Å²) < 4.78 is 44.7. The molecule has 0 radical (unpaired) electrons.